The second-order valence-corrected chi connectivity index (χ2v) is 7.84. The number of carbonyl (C=O) groups excluding carboxylic acids is 1. The van der Waals surface area contributed by atoms with Gasteiger partial charge in [0.1, 0.15) is 5.37 Å². The van der Waals surface area contributed by atoms with Crippen LogP contribution in [0, 0.1) is 11.6 Å². The smallest absolute Gasteiger partial charge is 0.261 e. The summed E-state index contributed by atoms with van der Waals surface area (Å²) in [5.74, 6) is -2.10. The first-order chi connectivity index (χ1) is 11.3. The maximum Gasteiger partial charge on any atom is 0.261 e. The minimum atomic E-state index is -4.05. The van der Waals surface area contributed by atoms with E-state index in [-0.39, 0.29) is 21.9 Å². The summed E-state index contributed by atoms with van der Waals surface area (Å²) in [6.45, 7) is 0. The molecule has 126 valence electrons. The van der Waals surface area contributed by atoms with Gasteiger partial charge in [0.25, 0.3) is 10.0 Å². The van der Waals surface area contributed by atoms with Crippen LogP contribution in [0.25, 0.3) is 0 Å². The second kappa shape index (κ2) is 6.40. The Kier molecular flexibility index (Phi) is 4.46. The highest BCUT2D eigenvalue weighted by molar-refractivity contribution is 8.00. The lowest BCUT2D eigenvalue weighted by atomic mass is 10.2. The molecule has 1 fully saturated rings. The minimum Gasteiger partial charge on any atom is -0.339 e. The third-order valence-corrected chi connectivity index (χ3v) is 5.85. The van der Waals surface area contributed by atoms with Gasteiger partial charge < -0.3 is 5.32 Å². The van der Waals surface area contributed by atoms with Crippen molar-refractivity contribution in [2.75, 3.05) is 10.5 Å². The molecule has 0 aromatic heterocycles. The Labute approximate surface area is 141 Å². The SMILES string of the molecule is O=C1CSC(c2cccc(NS(=O)(=O)c3ccc(F)c(F)c3)c2)N1. The number of hydrogen-bond donors (Lipinski definition) is 2. The molecule has 0 spiro atoms. The Morgan fingerprint density at radius 3 is 2.58 bits per heavy atom. The maximum atomic E-state index is 13.2. The van der Waals surface area contributed by atoms with Crippen LogP contribution in [-0.2, 0) is 14.8 Å². The quantitative estimate of drug-likeness (QED) is 0.868. The molecule has 0 radical (unpaired) electrons. The lowest BCUT2D eigenvalue weighted by molar-refractivity contribution is -0.118. The summed E-state index contributed by atoms with van der Waals surface area (Å²) < 4.78 is 53.1. The minimum absolute atomic E-state index is 0.0854. The Balaban J connectivity index is 1.84. The lowest BCUT2D eigenvalue weighted by Crippen LogP contribution is -2.19. The van der Waals surface area contributed by atoms with Gasteiger partial charge in [-0.25, -0.2) is 17.2 Å². The lowest BCUT2D eigenvalue weighted by Gasteiger charge is -2.13. The molecule has 2 aromatic rings. The predicted molar refractivity (Wildman–Crippen MR) is 87.0 cm³/mol. The highest BCUT2D eigenvalue weighted by Gasteiger charge is 2.23. The topological polar surface area (TPSA) is 75.3 Å². The fourth-order valence-corrected chi connectivity index (χ4v) is 4.21. The predicted octanol–water partition coefficient (Wildman–Crippen LogP) is 2.63. The van der Waals surface area contributed by atoms with Crippen molar-refractivity contribution in [3.63, 3.8) is 0 Å². The molecule has 2 N–H and O–H groups in total. The number of carbonyl (C=O) groups is 1. The largest absolute Gasteiger partial charge is 0.339 e. The van der Waals surface area contributed by atoms with Crippen molar-refractivity contribution in [3.05, 3.63) is 59.7 Å². The fourth-order valence-electron chi connectivity index (χ4n) is 2.19. The molecule has 0 aliphatic carbocycles. The Hall–Kier alpha value is -2.13. The van der Waals surface area contributed by atoms with Crippen LogP contribution in [0.3, 0.4) is 0 Å². The number of sulfonamides is 1. The molecular weight excluding hydrogens is 358 g/mol. The zero-order valence-electron chi connectivity index (χ0n) is 12.1. The van der Waals surface area contributed by atoms with E-state index >= 15 is 0 Å². The zero-order valence-corrected chi connectivity index (χ0v) is 13.8. The van der Waals surface area contributed by atoms with Crippen LogP contribution in [0.5, 0.6) is 0 Å². The van der Waals surface area contributed by atoms with E-state index in [1.54, 1.807) is 18.2 Å². The Morgan fingerprint density at radius 1 is 1.12 bits per heavy atom. The second-order valence-electron chi connectivity index (χ2n) is 5.07. The summed E-state index contributed by atoms with van der Waals surface area (Å²) in [6, 6.07) is 8.88. The van der Waals surface area contributed by atoms with Gasteiger partial charge in [0, 0.05) is 5.69 Å². The monoisotopic (exact) mass is 370 g/mol. The number of amides is 1. The van der Waals surface area contributed by atoms with Gasteiger partial charge >= 0.3 is 0 Å². The molecule has 2 aromatic carbocycles. The molecule has 0 bridgehead atoms. The highest BCUT2D eigenvalue weighted by atomic mass is 32.2. The number of nitrogens with one attached hydrogen (secondary N) is 2. The summed E-state index contributed by atoms with van der Waals surface area (Å²) in [5, 5.41) is 2.52. The summed E-state index contributed by atoms with van der Waals surface area (Å²) in [6.07, 6.45) is 0. The van der Waals surface area contributed by atoms with E-state index < -0.39 is 21.7 Å². The van der Waals surface area contributed by atoms with Crippen LogP contribution in [0.2, 0.25) is 0 Å². The highest BCUT2D eigenvalue weighted by Crippen LogP contribution is 2.32. The van der Waals surface area contributed by atoms with Crippen LogP contribution in [-0.4, -0.2) is 20.1 Å². The third-order valence-electron chi connectivity index (χ3n) is 3.32. The molecule has 1 atom stereocenters. The number of hydrogen-bond acceptors (Lipinski definition) is 4. The number of benzene rings is 2. The molecule has 1 saturated heterocycles. The molecule has 1 amide bonds. The molecule has 9 heteroatoms. The number of thioether (sulfide) groups is 1. The van der Waals surface area contributed by atoms with Gasteiger partial charge in [-0.1, -0.05) is 12.1 Å². The van der Waals surface area contributed by atoms with Crippen LogP contribution >= 0.6 is 11.8 Å². The van der Waals surface area contributed by atoms with E-state index in [9.17, 15) is 22.0 Å². The van der Waals surface area contributed by atoms with Gasteiger partial charge in [-0.15, -0.1) is 11.8 Å². The zero-order chi connectivity index (χ0) is 17.3. The number of anilines is 1. The van der Waals surface area contributed by atoms with Gasteiger partial charge in [-0.3, -0.25) is 9.52 Å². The number of halogens is 2. The molecule has 3 rings (SSSR count). The van der Waals surface area contributed by atoms with Gasteiger partial charge in [-0.2, -0.15) is 0 Å². The van der Waals surface area contributed by atoms with Gasteiger partial charge in [0.15, 0.2) is 11.6 Å². The third kappa shape index (κ3) is 3.51. The van der Waals surface area contributed by atoms with Crippen molar-refractivity contribution in [1.29, 1.82) is 0 Å². The van der Waals surface area contributed by atoms with Crippen LogP contribution in [0.1, 0.15) is 10.9 Å². The van der Waals surface area contributed by atoms with Crippen molar-refractivity contribution >= 4 is 33.4 Å². The van der Waals surface area contributed by atoms with Crippen molar-refractivity contribution in [2.24, 2.45) is 0 Å². The number of rotatable bonds is 4. The summed E-state index contributed by atoms with van der Waals surface area (Å²) in [5.41, 5.74) is 0.996. The standard InChI is InChI=1S/C15H12F2N2O3S2/c16-12-5-4-11(7-13(12)17)24(21,22)19-10-3-1-2-9(6-10)15-18-14(20)8-23-15/h1-7,15,19H,8H2,(H,18,20). The first-order valence-corrected chi connectivity index (χ1v) is 9.37. The summed E-state index contributed by atoms with van der Waals surface area (Å²) in [4.78, 5) is 10.9. The average Bonchev–Trinajstić information content (AvgIpc) is 2.96. The average molecular weight is 370 g/mol. The van der Waals surface area contributed by atoms with Gasteiger partial charge in [0.2, 0.25) is 5.91 Å². The molecule has 1 heterocycles. The Morgan fingerprint density at radius 2 is 1.92 bits per heavy atom. The summed E-state index contributed by atoms with van der Waals surface area (Å²) >= 11 is 1.40. The molecule has 5 nitrogen and oxygen atoms in total. The molecule has 1 unspecified atom stereocenters. The van der Waals surface area contributed by atoms with Crippen LogP contribution < -0.4 is 10.0 Å². The molecule has 1 aliphatic heterocycles. The van der Waals surface area contributed by atoms with Gasteiger partial charge in [-0.05, 0) is 35.9 Å². The van der Waals surface area contributed by atoms with E-state index in [0.717, 1.165) is 17.7 Å². The van der Waals surface area contributed by atoms with Crippen molar-refractivity contribution in [1.82, 2.24) is 5.32 Å². The van der Waals surface area contributed by atoms with E-state index in [1.165, 1.54) is 17.8 Å². The molecule has 24 heavy (non-hydrogen) atoms. The fraction of sp³-hybridized carbons (Fsp3) is 0.133. The first kappa shape index (κ1) is 16.7. The van der Waals surface area contributed by atoms with E-state index in [2.05, 4.69) is 10.0 Å². The maximum absolute atomic E-state index is 13.2. The first-order valence-electron chi connectivity index (χ1n) is 6.84. The Bertz CT molecular complexity index is 903. The van der Waals surface area contributed by atoms with E-state index in [1.807, 2.05) is 0 Å². The van der Waals surface area contributed by atoms with Gasteiger partial charge in [0.05, 0.1) is 10.6 Å². The van der Waals surface area contributed by atoms with Crippen molar-refractivity contribution < 1.29 is 22.0 Å². The molecular formula is C15H12F2N2O3S2. The summed E-state index contributed by atoms with van der Waals surface area (Å²) in [7, 11) is -4.05. The van der Waals surface area contributed by atoms with Crippen LogP contribution in [0.15, 0.2) is 47.4 Å². The van der Waals surface area contributed by atoms with Crippen molar-refractivity contribution in [2.45, 2.75) is 10.3 Å². The molecule has 1 aliphatic rings. The molecule has 0 saturated carbocycles. The van der Waals surface area contributed by atoms with Crippen LogP contribution in [0.4, 0.5) is 14.5 Å². The van der Waals surface area contributed by atoms with Crippen molar-refractivity contribution in [3.8, 4) is 0 Å². The van der Waals surface area contributed by atoms with E-state index in [4.69, 9.17) is 0 Å². The normalized spacial score (nSPS) is 17.6. The van der Waals surface area contributed by atoms with E-state index in [0.29, 0.717) is 11.8 Å².